The summed E-state index contributed by atoms with van der Waals surface area (Å²) in [6.07, 6.45) is 0.608. The Bertz CT molecular complexity index is 798. The minimum atomic E-state index is -0.872. The van der Waals surface area contributed by atoms with Crippen LogP contribution in [0.1, 0.15) is 12.8 Å². The second kappa shape index (κ2) is 6.95. The van der Waals surface area contributed by atoms with Crippen molar-refractivity contribution >= 4 is 5.97 Å². The molecule has 0 unspecified atom stereocenters. The molecular weight excluding hydrogens is 319 g/mol. The average molecular weight is 332 g/mol. The van der Waals surface area contributed by atoms with E-state index in [-0.39, 0.29) is 24.2 Å². The highest BCUT2D eigenvalue weighted by molar-refractivity contribution is 5.74. The van der Waals surface area contributed by atoms with Gasteiger partial charge in [0.05, 0.1) is 6.26 Å². The maximum Gasteiger partial charge on any atom is 0.347 e. The highest BCUT2D eigenvalue weighted by Crippen LogP contribution is 2.18. The van der Waals surface area contributed by atoms with Gasteiger partial charge in [-0.3, -0.25) is 0 Å². The number of aromatic nitrogens is 2. The van der Waals surface area contributed by atoms with E-state index < -0.39 is 12.1 Å². The van der Waals surface area contributed by atoms with Crippen LogP contribution < -0.4 is 4.74 Å². The van der Waals surface area contributed by atoms with Crippen molar-refractivity contribution in [3.05, 3.63) is 54.4 Å². The van der Waals surface area contributed by atoms with E-state index in [0.29, 0.717) is 11.5 Å². The van der Waals surface area contributed by atoms with E-state index in [0.717, 1.165) is 0 Å². The lowest BCUT2D eigenvalue weighted by atomic mass is 10.3. The van der Waals surface area contributed by atoms with Gasteiger partial charge >= 0.3 is 5.97 Å². The number of esters is 1. The molecule has 3 aromatic rings. The van der Waals surface area contributed by atoms with Crippen molar-refractivity contribution in [2.45, 2.75) is 19.6 Å². The van der Waals surface area contributed by atoms with Crippen LogP contribution in [0.15, 0.2) is 51.5 Å². The zero-order valence-corrected chi connectivity index (χ0v) is 12.6. The number of hydrogen-bond donors (Lipinski definition) is 0. The fraction of sp³-hybridized carbons (Fsp3) is 0.188. The third-order valence-corrected chi connectivity index (χ3v) is 3.00. The second-order valence-electron chi connectivity index (χ2n) is 4.80. The van der Waals surface area contributed by atoms with E-state index in [4.69, 9.17) is 18.3 Å². The minimum Gasteiger partial charge on any atom is -0.479 e. The van der Waals surface area contributed by atoms with Crippen LogP contribution in [0.5, 0.6) is 5.75 Å². The first-order valence-corrected chi connectivity index (χ1v) is 7.07. The zero-order valence-electron chi connectivity index (χ0n) is 12.6. The van der Waals surface area contributed by atoms with Crippen LogP contribution in [-0.2, 0) is 16.1 Å². The highest BCUT2D eigenvalue weighted by atomic mass is 19.1. The third-order valence-electron chi connectivity index (χ3n) is 3.00. The van der Waals surface area contributed by atoms with E-state index >= 15 is 0 Å². The average Bonchev–Trinajstić information content (AvgIpc) is 3.25. The van der Waals surface area contributed by atoms with Crippen molar-refractivity contribution in [2.75, 3.05) is 0 Å². The molecule has 7 nitrogen and oxygen atoms in total. The summed E-state index contributed by atoms with van der Waals surface area (Å²) in [5, 5.41) is 7.55. The molecule has 1 aromatic carbocycles. The van der Waals surface area contributed by atoms with Gasteiger partial charge in [0.25, 0.3) is 11.8 Å². The number of ether oxygens (including phenoxy) is 2. The van der Waals surface area contributed by atoms with Crippen LogP contribution in [0.3, 0.4) is 0 Å². The van der Waals surface area contributed by atoms with Crippen LogP contribution in [0.4, 0.5) is 4.39 Å². The SMILES string of the molecule is C[C@@H](Oc1ccc(F)cc1)C(=O)OCc1nnc(-c2ccco2)o1. The molecule has 3 rings (SSSR count). The molecule has 0 amide bonds. The van der Waals surface area contributed by atoms with Crippen LogP contribution in [0.25, 0.3) is 11.7 Å². The molecule has 0 radical (unpaired) electrons. The first-order chi connectivity index (χ1) is 11.6. The summed E-state index contributed by atoms with van der Waals surface area (Å²) in [4.78, 5) is 11.9. The monoisotopic (exact) mass is 332 g/mol. The number of furan rings is 1. The molecule has 0 aliphatic carbocycles. The van der Waals surface area contributed by atoms with Crippen LogP contribution in [-0.4, -0.2) is 22.3 Å². The summed E-state index contributed by atoms with van der Waals surface area (Å²) in [7, 11) is 0. The van der Waals surface area contributed by atoms with Gasteiger partial charge < -0.3 is 18.3 Å². The van der Waals surface area contributed by atoms with Crippen LogP contribution >= 0.6 is 0 Å². The Hall–Kier alpha value is -3.16. The highest BCUT2D eigenvalue weighted by Gasteiger charge is 2.18. The minimum absolute atomic E-state index is 0.128. The normalized spacial score (nSPS) is 11.9. The molecule has 0 aliphatic rings. The molecule has 24 heavy (non-hydrogen) atoms. The molecular formula is C16H13FN2O5. The van der Waals surface area contributed by atoms with E-state index in [9.17, 15) is 9.18 Å². The molecule has 0 N–H and O–H groups in total. The first kappa shape index (κ1) is 15.7. The van der Waals surface area contributed by atoms with Gasteiger partial charge in [0.15, 0.2) is 18.5 Å². The van der Waals surface area contributed by atoms with Gasteiger partial charge in [-0.05, 0) is 43.3 Å². The van der Waals surface area contributed by atoms with Gasteiger partial charge in [0.1, 0.15) is 11.6 Å². The Morgan fingerprint density at radius 3 is 2.75 bits per heavy atom. The quantitative estimate of drug-likeness (QED) is 0.641. The Labute approximate surface area is 136 Å². The van der Waals surface area contributed by atoms with Gasteiger partial charge in [-0.2, -0.15) is 0 Å². The van der Waals surface area contributed by atoms with Crippen molar-refractivity contribution in [3.63, 3.8) is 0 Å². The number of benzene rings is 1. The Morgan fingerprint density at radius 2 is 2.04 bits per heavy atom. The molecule has 8 heteroatoms. The standard InChI is InChI=1S/C16H13FN2O5/c1-10(23-12-6-4-11(17)5-7-12)16(20)22-9-14-18-19-15(24-14)13-3-2-8-21-13/h2-8,10H,9H2,1H3/t10-/m1/s1. The number of hydrogen-bond acceptors (Lipinski definition) is 7. The molecule has 0 aliphatic heterocycles. The Morgan fingerprint density at radius 1 is 1.25 bits per heavy atom. The molecule has 124 valence electrons. The molecule has 2 heterocycles. The summed E-state index contributed by atoms with van der Waals surface area (Å²) in [6.45, 7) is 1.33. The van der Waals surface area contributed by atoms with Gasteiger partial charge in [-0.15, -0.1) is 10.2 Å². The van der Waals surface area contributed by atoms with E-state index in [1.165, 1.54) is 37.5 Å². The predicted octanol–water partition coefficient (Wildman–Crippen LogP) is 2.98. The summed E-state index contributed by atoms with van der Waals surface area (Å²) in [5.41, 5.74) is 0. The maximum atomic E-state index is 12.8. The van der Waals surface area contributed by atoms with Crippen molar-refractivity contribution < 1.29 is 27.5 Å². The van der Waals surface area contributed by atoms with Crippen molar-refractivity contribution in [1.29, 1.82) is 0 Å². The Balaban J connectivity index is 1.52. The predicted molar refractivity (Wildman–Crippen MR) is 78.3 cm³/mol. The molecule has 0 fully saturated rings. The summed E-state index contributed by atoms with van der Waals surface area (Å²) < 4.78 is 33.7. The third kappa shape index (κ3) is 3.78. The number of nitrogens with zero attached hydrogens (tertiary/aromatic N) is 2. The van der Waals surface area contributed by atoms with E-state index in [2.05, 4.69) is 10.2 Å². The van der Waals surface area contributed by atoms with Gasteiger partial charge in [-0.25, -0.2) is 9.18 Å². The fourth-order valence-corrected chi connectivity index (χ4v) is 1.83. The second-order valence-corrected chi connectivity index (χ2v) is 4.80. The topological polar surface area (TPSA) is 87.6 Å². The lowest BCUT2D eigenvalue weighted by Crippen LogP contribution is -2.26. The van der Waals surface area contributed by atoms with E-state index in [1.54, 1.807) is 12.1 Å². The van der Waals surface area contributed by atoms with Crippen molar-refractivity contribution in [3.8, 4) is 17.4 Å². The maximum absolute atomic E-state index is 12.8. The molecule has 1 atom stereocenters. The number of rotatable bonds is 6. The fourth-order valence-electron chi connectivity index (χ4n) is 1.83. The lowest BCUT2D eigenvalue weighted by Gasteiger charge is -2.13. The number of halogens is 1. The zero-order chi connectivity index (χ0) is 16.9. The summed E-state index contributed by atoms with van der Waals surface area (Å²) in [5.74, 6) is 0.107. The molecule has 0 saturated heterocycles. The summed E-state index contributed by atoms with van der Waals surface area (Å²) >= 11 is 0. The van der Waals surface area contributed by atoms with Gasteiger partial charge in [0, 0.05) is 0 Å². The van der Waals surface area contributed by atoms with Crippen molar-refractivity contribution in [1.82, 2.24) is 10.2 Å². The number of carbonyl (C=O) groups is 1. The number of carbonyl (C=O) groups excluding carboxylic acids is 1. The van der Waals surface area contributed by atoms with E-state index in [1.807, 2.05) is 0 Å². The molecule has 0 spiro atoms. The first-order valence-electron chi connectivity index (χ1n) is 7.07. The van der Waals surface area contributed by atoms with Crippen LogP contribution in [0, 0.1) is 5.82 Å². The summed E-state index contributed by atoms with van der Waals surface area (Å²) in [6, 6.07) is 8.68. The van der Waals surface area contributed by atoms with Crippen molar-refractivity contribution in [2.24, 2.45) is 0 Å². The smallest absolute Gasteiger partial charge is 0.347 e. The molecule has 0 bridgehead atoms. The lowest BCUT2D eigenvalue weighted by molar-refractivity contribution is -0.153. The largest absolute Gasteiger partial charge is 0.479 e. The van der Waals surface area contributed by atoms with Gasteiger partial charge in [-0.1, -0.05) is 0 Å². The van der Waals surface area contributed by atoms with Crippen LogP contribution in [0.2, 0.25) is 0 Å². The molecule has 2 aromatic heterocycles. The molecule has 0 saturated carbocycles. The van der Waals surface area contributed by atoms with Gasteiger partial charge in [0.2, 0.25) is 0 Å². The Kier molecular flexibility index (Phi) is 4.55.